The lowest BCUT2D eigenvalue weighted by molar-refractivity contribution is -0.142. The van der Waals surface area contributed by atoms with Gasteiger partial charge >= 0.3 is 5.97 Å². The van der Waals surface area contributed by atoms with Gasteiger partial charge in [0.15, 0.2) is 0 Å². The van der Waals surface area contributed by atoms with Crippen molar-refractivity contribution in [2.45, 2.75) is 51.5 Å². The number of carbonyl (C=O) groups is 1. The van der Waals surface area contributed by atoms with Crippen molar-refractivity contribution >= 4 is 5.97 Å². The van der Waals surface area contributed by atoms with E-state index in [9.17, 15) is 4.79 Å². The van der Waals surface area contributed by atoms with Gasteiger partial charge < -0.3 is 5.11 Å². The maximum absolute atomic E-state index is 10.9. The molecule has 92 valence electrons. The molecule has 0 spiro atoms. The molecule has 2 fully saturated rings. The molecule has 16 heavy (non-hydrogen) atoms. The summed E-state index contributed by atoms with van der Waals surface area (Å²) in [6.07, 6.45) is 7.98. The first kappa shape index (κ1) is 11.9. The lowest BCUT2D eigenvalue weighted by atomic mass is 9.78. The third-order valence-electron chi connectivity index (χ3n) is 4.29. The van der Waals surface area contributed by atoms with Gasteiger partial charge in [-0.25, -0.2) is 0 Å². The van der Waals surface area contributed by atoms with E-state index < -0.39 is 5.97 Å². The van der Waals surface area contributed by atoms with Gasteiger partial charge in [-0.05, 0) is 38.1 Å². The van der Waals surface area contributed by atoms with Gasteiger partial charge in [0.25, 0.3) is 0 Å². The summed E-state index contributed by atoms with van der Waals surface area (Å²) >= 11 is 0. The van der Waals surface area contributed by atoms with Crippen LogP contribution in [-0.2, 0) is 4.79 Å². The third-order valence-corrected chi connectivity index (χ3v) is 4.29. The largest absolute Gasteiger partial charge is 0.481 e. The summed E-state index contributed by atoms with van der Waals surface area (Å²) in [6.45, 7) is 3.68. The molecule has 0 bridgehead atoms. The Labute approximate surface area is 97.8 Å². The highest BCUT2D eigenvalue weighted by atomic mass is 16.4. The van der Waals surface area contributed by atoms with Gasteiger partial charge in [0.05, 0.1) is 5.92 Å². The van der Waals surface area contributed by atoms with E-state index in [-0.39, 0.29) is 5.92 Å². The Morgan fingerprint density at radius 2 is 2.00 bits per heavy atom. The Morgan fingerprint density at radius 1 is 1.31 bits per heavy atom. The summed E-state index contributed by atoms with van der Waals surface area (Å²) in [6, 6.07) is 0.685. The van der Waals surface area contributed by atoms with Crippen molar-refractivity contribution in [3.63, 3.8) is 0 Å². The summed E-state index contributed by atoms with van der Waals surface area (Å²) in [5.41, 5.74) is 0. The first-order valence-electron chi connectivity index (χ1n) is 6.65. The highest BCUT2D eigenvalue weighted by Gasteiger charge is 2.34. The number of rotatable bonds is 3. The van der Waals surface area contributed by atoms with Gasteiger partial charge in [0.2, 0.25) is 0 Å². The molecule has 1 heterocycles. The molecule has 1 aliphatic carbocycles. The van der Waals surface area contributed by atoms with Crippen molar-refractivity contribution in [2.75, 3.05) is 13.1 Å². The second kappa shape index (κ2) is 5.17. The molecule has 1 saturated heterocycles. The van der Waals surface area contributed by atoms with E-state index in [0.717, 1.165) is 19.0 Å². The zero-order valence-corrected chi connectivity index (χ0v) is 10.2. The van der Waals surface area contributed by atoms with Crippen molar-refractivity contribution in [3.05, 3.63) is 0 Å². The van der Waals surface area contributed by atoms with Crippen molar-refractivity contribution in [2.24, 2.45) is 11.8 Å². The van der Waals surface area contributed by atoms with Crippen LogP contribution in [0.25, 0.3) is 0 Å². The summed E-state index contributed by atoms with van der Waals surface area (Å²) in [5.74, 6) is -0.0258. The van der Waals surface area contributed by atoms with Gasteiger partial charge in [-0.2, -0.15) is 0 Å². The van der Waals surface area contributed by atoms with E-state index in [0.29, 0.717) is 6.04 Å². The van der Waals surface area contributed by atoms with E-state index >= 15 is 0 Å². The molecule has 3 heteroatoms. The molecular weight excluding hydrogens is 202 g/mol. The van der Waals surface area contributed by atoms with Gasteiger partial charge in [-0.3, -0.25) is 9.69 Å². The van der Waals surface area contributed by atoms with Gasteiger partial charge in [-0.1, -0.05) is 19.8 Å². The van der Waals surface area contributed by atoms with Gasteiger partial charge in [-0.15, -0.1) is 0 Å². The second-order valence-electron chi connectivity index (χ2n) is 5.49. The molecule has 1 N–H and O–H groups in total. The number of carboxylic acids is 1. The van der Waals surface area contributed by atoms with Crippen LogP contribution in [0.3, 0.4) is 0 Å². The summed E-state index contributed by atoms with van der Waals surface area (Å²) in [7, 11) is 0. The fourth-order valence-electron chi connectivity index (χ4n) is 3.38. The Bertz CT molecular complexity index is 252. The molecule has 2 rings (SSSR count). The fourth-order valence-corrected chi connectivity index (χ4v) is 3.38. The molecular formula is C13H23NO2. The van der Waals surface area contributed by atoms with Crippen molar-refractivity contribution in [3.8, 4) is 0 Å². The molecule has 0 amide bonds. The Morgan fingerprint density at radius 3 is 2.75 bits per heavy atom. The molecule has 1 aliphatic heterocycles. The second-order valence-corrected chi connectivity index (χ2v) is 5.49. The molecule has 0 aromatic rings. The molecule has 0 radical (unpaired) electrons. The van der Waals surface area contributed by atoms with Crippen molar-refractivity contribution < 1.29 is 9.90 Å². The first-order chi connectivity index (χ1) is 7.68. The van der Waals surface area contributed by atoms with E-state index in [1.54, 1.807) is 0 Å². The molecule has 1 unspecified atom stereocenters. The summed E-state index contributed by atoms with van der Waals surface area (Å²) in [4.78, 5) is 13.4. The van der Waals surface area contributed by atoms with E-state index in [1.165, 1.54) is 38.5 Å². The molecule has 3 nitrogen and oxygen atoms in total. The minimum Gasteiger partial charge on any atom is -0.481 e. The van der Waals surface area contributed by atoms with Gasteiger partial charge in [0, 0.05) is 12.6 Å². The number of carboxylic acid groups (broad SMARTS) is 1. The van der Waals surface area contributed by atoms with Crippen LogP contribution in [-0.4, -0.2) is 35.1 Å². The predicted molar refractivity (Wildman–Crippen MR) is 63.4 cm³/mol. The number of aliphatic carboxylic acids is 1. The van der Waals surface area contributed by atoms with Crippen molar-refractivity contribution in [1.29, 1.82) is 0 Å². The van der Waals surface area contributed by atoms with Crippen LogP contribution in [0, 0.1) is 11.8 Å². The third kappa shape index (κ3) is 2.57. The standard InChI is InChI=1S/C13H23NO2/c1-10(13(15)16)9-14-8-4-6-11-5-2-3-7-12(11)14/h10-12H,2-9H2,1H3,(H,15,16)/t10?,11-,12-/m1/s1. The molecule has 1 saturated carbocycles. The fraction of sp³-hybridized carbons (Fsp3) is 0.923. The number of fused-ring (bicyclic) bond motifs is 1. The van der Waals surface area contributed by atoms with E-state index in [2.05, 4.69) is 4.90 Å². The topological polar surface area (TPSA) is 40.5 Å². The molecule has 3 atom stereocenters. The predicted octanol–water partition coefficient (Wildman–Crippen LogP) is 2.36. The highest BCUT2D eigenvalue weighted by molar-refractivity contribution is 5.69. The monoisotopic (exact) mass is 225 g/mol. The Kier molecular flexibility index (Phi) is 3.85. The minimum atomic E-state index is -0.655. The smallest absolute Gasteiger partial charge is 0.307 e. The van der Waals surface area contributed by atoms with E-state index in [4.69, 9.17) is 5.11 Å². The molecule has 0 aromatic heterocycles. The zero-order valence-electron chi connectivity index (χ0n) is 10.2. The van der Waals surface area contributed by atoms with Crippen LogP contribution in [0.1, 0.15) is 45.4 Å². The van der Waals surface area contributed by atoms with Crippen LogP contribution in [0.4, 0.5) is 0 Å². The zero-order chi connectivity index (χ0) is 11.5. The Hall–Kier alpha value is -0.570. The number of likely N-dealkylation sites (tertiary alicyclic amines) is 1. The minimum absolute atomic E-state index is 0.222. The lowest BCUT2D eigenvalue weighted by Crippen LogP contribution is -2.48. The first-order valence-corrected chi connectivity index (χ1v) is 6.65. The number of nitrogens with zero attached hydrogens (tertiary/aromatic N) is 1. The van der Waals surface area contributed by atoms with E-state index in [1.807, 2.05) is 6.92 Å². The summed E-state index contributed by atoms with van der Waals surface area (Å²) < 4.78 is 0. The van der Waals surface area contributed by atoms with Gasteiger partial charge in [0.1, 0.15) is 0 Å². The number of piperidine rings is 1. The number of hydrogen-bond donors (Lipinski definition) is 1. The SMILES string of the molecule is CC(CN1CCC[C@H]2CCCC[C@H]21)C(=O)O. The van der Waals surface area contributed by atoms with Crippen LogP contribution < -0.4 is 0 Å². The van der Waals surface area contributed by atoms with Crippen molar-refractivity contribution in [1.82, 2.24) is 4.90 Å². The Balaban J connectivity index is 1.94. The quantitative estimate of drug-likeness (QED) is 0.801. The maximum atomic E-state index is 10.9. The van der Waals surface area contributed by atoms with Crippen LogP contribution >= 0.6 is 0 Å². The number of hydrogen-bond acceptors (Lipinski definition) is 2. The maximum Gasteiger partial charge on any atom is 0.307 e. The molecule has 2 aliphatic rings. The average molecular weight is 225 g/mol. The van der Waals surface area contributed by atoms with Crippen LogP contribution in [0.5, 0.6) is 0 Å². The molecule has 0 aromatic carbocycles. The van der Waals surface area contributed by atoms with Crippen LogP contribution in [0.2, 0.25) is 0 Å². The van der Waals surface area contributed by atoms with Crippen LogP contribution in [0.15, 0.2) is 0 Å². The highest BCUT2D eigenvalue weighted by Crippen LogP contribution is 2.35. The summed E-state index contributed by atoms with van der Waals surface area (Å²) in [5, 5.41) is 8.98. The lowest BCUT2D eigenvalue weighted by Gasteiger charge is -2.44. The average Bonchev–Trinajstić information content (AvgIpc) is 2.29. The normalized spacial score (nSPS) is 33.1.